The highest BCUT2D eigenvalue weighted by atomic mass is 79.9. The summed E-state index contributed by atoms with van der Waals surface area (Å²) in [5.74, 6) is 0. The monoisotopic (exact) mass is 337 g/mol. The Balaban J connectivity index is 3.15. The number of rotatable bonds is 5. The van der Waals surface area contributed by atoms with Gasteiger partial charge in [0.05, 0.1) is 11.6 Å². The summed E-state index contributed by atoms with van der Waals surface area (Å²) < 4.78 is 26.5. The Hall–Kier alpha value is -1.03. The minimum absolute atomic E-state index is 0.109. The standard InChI is InChI=1S/C9H12BrN3O4S/c1-12(2)6-11-18(16,17)9-5-7(13(14)15)3-4-8(9)10/h3-5,11H,6H2,1-2H3. The number of nitro benzene ring substituents is 1. The summed E-state index contributed by atoms with van der Waals surface area (Å²) in [6.45, 7) is 0.109. The van der Waals surface area contributed by atoms with E-state index >= 15 is 0 Å². The van der Waals surface area contributed by atoms with Gasteiger partial charge in [0.25, 0.3) is 5.69 Å². The van der Waals surface area contributed by atoms with E-state index in [-0.39, 0.29) is 21.7 Å². The van der Waals surface area contributed by atoms with Gasteiger partial charge in [-0.15, -0.1) is 0 Å². The second kappa shape index (κ2) is 5.74. The third-order valence-electron chi connectivity index (χ3n) is 1.99. The number of hydrogen-bond acceptors (Lipinski definition) is 5. The topological polar surface area (TPSA) is 92.6 Å². The number of hydrogen-bond donors (Lipinski definition) is 1. The van der Waals surface area contributed by atoms with Gasteiger partial charge in [-0.3, -0.25) is 15.0 Å². The van der Waals surface area contributed by atoms with Gasteiger partial charge in [-0.1, -0.05) is 0 Å². The number of non-ortho nitro benzene ring substituents is 1. The molecular weight excluding hydrogens is 326 g/mol. The number of halogens is 1. The first-order valence-corrected chi connectivity index (χ1v) is 7.10. The van der Waals surface area contributed by atoms with Crippen molar-refractivity contribution in [2.45, 2.75) is 4.90 Å². The summed E-state index contributed by atoms with van der Waals surface area (Å²) in [5.41, 5.74) is -0.275. The zero-order chi connectivity index (χ0) is 13.9. The molecule has 0 aliphatic heterocycles. The number of sulfonamides is 1. The molecule has 100 valence electrons. The molecule has 0 saturated heterocycles. The van der Waals surface area contributed by atoms with Crippen molar-refractivity contribution in [1.29, 1.82) is 0 Å². The minimum Gasteiger partial charge on any atom is -0.296 e. The van der Waals surface area contributed by atoms with Crippen LogP contribution in [-0.4, -0.2) is 39.0 Å². The van der Waals surface area contributed by atoms with E-state index in [0.717, 1.165) is 6.07 Å². The molecule has 1 aromatic rings. The van der Waals surface area contributed by atoms with E-state index in [9.17, 15) is 18.5 Å². The highest BCUT2D eigenvalue weighted by Crippen LogP contribution is 2.26. The molecular formula is C9H12BrN3O4S. The third kappa shape index (κ3) is 3.73. The first kappa shape index (κ1) is 15.0. The maximum atomic E-state index is 11.9. The van der Waals surface area contributed by atoms with Gasteiger partial charge in [-0.05, 0) is 36.1 Å². The molecule has 0 amide bonds. The van der Waals surface area contributed by atoms with Crippen LogP contribution in [-0.2, 0) is 10.0 Å². The van der Waals surface area contributed by atoms with Crippen molar-refractivity contribution in [3.8, 4) is 0 Å². The Labute approximate surface area is 113 Å². The molecule has 1 rings (SSSR count). The van der Waals surface area contributed by atoms with Crippen LogP contribution >= 0.6 is 15.9 Å². The molecule has 0 saturated carbocycles. The molecule has 0 unspecified atom stereocenters. The lowest BCUT2D eigenvalue weighted by molar-refractivity contribution is -0.385. The molecule has 0 aliphatic carbocycles. The molecule has 0 spiro atoms. The summed E-state index contributed by atoms with van der Waals surface area (Å²) in [5, 5.41) is 10.6. The predicted molar refractivity (Wildman–Crippen MR) is 69.7 cm³/mol. The van der Waals surface area contributed by atoms with Crippen LogP contribution in [0.25, 0.3) is 0 Å². The fourth-order valence-electron chi connectivity index (χ4n) is 1.10. The van der Waals surface area contributed by atoms with Crippen LogP contribution in [0.4, 0.5) is 5.69 Å². The number of nitro groups is 1. The molecule has 18 heavy (non-hydrogen) atoms. The SMILES string of the molecule is CN(C)CNS(=O)(=O)c1cc([N+](=O)[O-])ccc1Br. The fraction of sp³-hybridized carbons (Fsp3) is 0.333. The summed E-state index contributed by atoms with van der Waals surface area (Å²) in [7, 11) is -0.386. The van der Waals surface area contributed by atoms with Gasteiger partial charge < -0.3 is 0 Å². The Morgan fingerprint density at radius 2 is 2.06 bits per heavy atom. The van der Waals surface area contributed by atoms with Crippen molar-refractivity contribution in [3.63, 3.8) is 0 Å². The van der Waals surface area contributed by atoms with E-state index in [2.05, 4.69) is 20.7 Å². The van der Waals surface area contributed by atoms with Crippen LogP contribution in [0.2, 0.25) is 0 Å². The smallest absolute Gasteiger partial charge is 0.270 e. The molecule has 0 radical (unpaired) electrons. The predicted octanol–water partition coefficient (Wildman–Crippen LogP) is 1.15. The highest BCUT2D eigenvalue weighted by Gasteiger charge is 2.21. The van der Waals surface area contributed by atoms with Gasteiger partial charge in [0.15, 0.2) is 0 Å². The molecule has 0 fully saturated rings. The van der Waals surface area contributed by atoms with E-state index in [4.69, 9.17) is 0 Å². The van der Waals surface area contributed by atoms with Crippen molar-refractivity contribution >= 4 is 31.6 Å². The van der Waals surface area contributed by atoms with Crippen molar-refractivity contribution in [1.82, 2.24) is 9.62 Å². The van der Waals surface area contributed by atoms with E-state index in [0.29, 0.717) is 0 Å². The Morgan fingerprint density at radius 1 is 1.44 bits per heavy atom. The van der Waals surface area contributed by atoms with Gasteiger partial charge in [0, 0.05) is 16.6 Å². The van der Waals surface area contributed by atoms with Crippen LogP contribution in [0.5, 0.6) is 0 Å². The number of benzene rings is 1. The fourth-order valence-corrected chi connectivity index (χ4v) is 3.17. The van der Waals surface area contributed by atoms with Gasteiger partial charge >= 0.3 is 0 Å². The van der Waals surface area contributed by atoms with Crippen LogP contribution < -0.4 is 4.72 Å². The normalized spacial score (nSPS) is 11.8. The van der Waals surface area contributed by atoms with Gasteiger partial charge in [-0.2, -0.15) is 4.72 Å². The summed E-state index contributed by atoms with van der Waals surface area (Å²) in [4.78, 5) is 11.5. The second-order valence-electron chi connectivity index (χ2n) is 3.76. The van der Waals surface area contributed by atoms with Crippen LogP contribution in [0.3, 0.4) is 0 Å². The molecule has 1 aromatic carbocycles. The molecule has 0 aliphatic rings. The zero-order valence-electron chi connectivity index (χ0n) is 9.75. The average molecular weight is 338 g/mol. The largest absolute Gasteiger partial charge is 0.296 e. The summed E-state index contributed by atoms with van der Waals surface area (Å²) in [6.07, 6.45) is 0. The van der Waals surface area contributed by atoms with Crippen molar-refractivity contribution < 1.29 is 13.3 Å². The number of nitrogens with one attached hydrogen (secondary N) is 1. The lowest BCUT2D eigenvalue weighted by Crippen LogP contribution is -2.33. The van der Waals surface area contributed by atoms with Crippen LogP contribution in [0.1, 0.15) is 0 Å². The summed E-state index contributed by atoms with van der Waals surface area (Å²) >= 11 is 3.07. The first-order valence-electron chi connectivity index (χ1n) is 4.82. The molecule has 0 heterocycles. The van der Waals surface area contributed by atoms with Gasteiger partial charge in [0.2, 0.25) is 10.0 Å². The summed E-state index contributed by atoms with van der Waals surface area (Å²) in [6, 6.07) is 3.58. The Kier molecular flexibility index (Phi) is 4.79. The van der Waals surface area contributed by atoms with Gasteiger partial charge in [-0.25, -0.2) is 8.42 Å². The molecule has 9 heteroatoms. The Morgan fingerprint density at radius 3 is 2.56 bits per heavy atom. The van der Waals surface area contributed by atoms with Crippen LogP contribution in [0, 0.1) is 10.1 Å². The second-order valence-corrected chi connectivity index (χ2v) is 6.35. The van der Waals surface area contributed by atoms with Crippen molar-refractivity contribution in [2.24, 2.45) is 0 Å². The molecule has 0 atom stereocenters. The lowest BCUT2D eigenvalue weighted by atomic mass is 10.3. The maximum Gasteiger partial charge on any atom is 0.270 e. The minimum atomic E-state index is -3.79. The molecule has 0 aromatic heterocycles. The third-order valence-corrected chi connectivity index (χ3v) is 4.37. The van der Waals surface area contributed by atoms with E-state index in [1.54, 1.807) is 19.0 Å². The van der Waals surface area contributed by atoms with Gasteiger partial charge in [0.1, 0.15) is 4.90 Å². The lowest BCUT2D eigenvalue weighted by Gasteiger charge is -2.12. The molecule has 7 nitrogen and oxygen atoms in total. The van der Waals surface area contributed by atoms with E-state index < -0.39 is 14.9 Å². The van der Waals surface area contributed by atoms with Crippen molar-refractivity contribution in [3.05, 3.63) is 32.8 Å². The van der Waals surface area contributed by atoms with E-state index in [1.807, 2.05) is 0 Å². The number of nitrogens with zero attached hydrogens (tertiary/aromatic N) is 2. The average Bonchev–Trinajstić information content (AvgIpc) is 2.26. The van der Waals surface area contributed by atoms with Crippen molar-refractivity contribution in [2.75, 3.05) is 20.8 Å². The zero-order valence-corrected chi connectivity index (χ0v) is 12.2. The molecule has 1 N–H and O–H groups in total. The highest BCUT2D eigenvalue weighted by molar-refractivity contribution is 9.10. The maximum absolute atomic E-state index is 11.9. The molecule has 0 bridgehead atoms. The first-order chi connectivity index (χ1) is 8.24. The van der Waals surface area contributed by atoms with Crippen LogP contribution in [0.15, 0.2) is 27.6 Å². The quantitative estimate of drug-likeness (QED) is 0.494. The van der Waals surface area contributed by atoms with E-state index in [1.165, 1.54) is 12.1 Å². The Bertz CT molecular complexity index is 559.